The van der Waals surface area contributed by atoms with Gasteiger partial charge in [0.05, 0.1) is 10.1 Å². The third-order valence-corrected chi connectivity index (χ3v) is 7.59. The van der Waals surface area contributed by atoms with Crippen LogP contribution in [0.25, 0.3) is 0 Å². The fourth-order valence-electron chi connectivity index (χ4n) is 3.71. The summed E-state index contributed by atoms with van der Waals surface area (Å²) < 4.78 is 79.3. The Kier molecular flexibility index (Phi) is 5.30. The summed E-state index contributed by atoms with van der Waals surface area (Å²) in [4.78, 5) is 12.2. The first-order valence-corrected chi connectivity index (χ1v) is 10.3. The van der Waals surface area contributed by atoms with E-state index in [9.17, 15) is 30.8 Å². The first-order valence-electron chi connectivity index (χ1n) is 8.79. The summed E-state index contributed by atoms with van der Waals surface area (Å²) in [6.07, 6.45) is -1.77. The largest absolute Gasteiger partial charge is 0.432 e. The van der Waals surface area contributed by atoms with Crippen molar-refractivity contribution < 1.29 is 30.8 Å². The summed E-state index contributed by atoms with van der Waals surface area (Å²) in [7, 11) is -2.67. The predicted molar refractivity (Wildman–Crippen MR) is 93.4 cm³/mol. The molecular formula is C18H20F4N2O3S. The van der Waals surface area contributed by atoms with E-state index in [1.54, 1.807) is 0 Å². The molecule has 1 fully saturated rings. The molecule has 10 heteroatoms. The monoisotopic (exact) mass is 420 g/mol. The van der Waals surface area contributed by atoms with Crippen molar-refractivity contribution in [1.29, 1.82) is 0 Å². The third kappa shape index (κ3) is 3.67. The Balaban J connectivity index is 2.04. The number of alkyl halides is 3. The number of carbonyl (C=O) groups is 1. The second-order valence-corrected chi connectivity index (χ2v) is 9.34. The number of ketones is 1. The van der Waals surface area contributed by atoms with Gasteiger partial charge in [-0.3, -0.25) is 4.79 Å². The number of hydrazine groups is 1. The molecule has 1 N–H and O–H groups in total. The van der Waals surface area contributed by atoms with Crippen molar-refractivity contribution in [1.82, 2.24) is 10.4 Å². The number of aryl methyl sites for hydroxylation is 1. The number of rotatable bonds is 3. The average Bonchev–Trinajstić information content (AvgIpc) is 3.11. The van der Waals surface area contributed by atoms with E-state index in [-0.39, 0.29) is 16.0 Å². The van der Waals surface area contributed by atoms with Crippen molar-refractivity contribution in [2.24, 2.45) is 0 Å². The number of hydrogen-bond acceptors (Lipinski definition) is 5. The Hall–Kier alpha value is -1.94. The van der Waals surface area contributed by atoms with Crippen LogP contribution in [-0.2, 0) is 14.6 Å². The van der Waals surface area contributed by atoms with E-state index in [4.69, 9.17) is 0 Å². The lowest BCUT2D eigenvalue weighted by molar-refractivity contribution is -0.131. The van der Waals surface area contributed by atoms with Crippen LogP contribution >= 0.6 is 0 Å². The van der Waals surface area contributed by atoms with Crippen molar-refractivity contribution in [3.8, 4) is 0 Å². The number of allylic oxidation sites excluding steroid dienone is 1. The van der Waals surface area contributed by atoms with E-state index in [2.05, 4.69) is 5.43 Å². The van der Waals surface area contributed by atoms with Crippen LogP contribution in [0.15, 0.2) is 28.8 Å². The highest BCUT2D eigenvalue weighted by molar-refractivity contribution is 7.92. The van der Waals surface area contributed by atoms with Gasteiger partial charge < -0.3 is 5.01 Å². The minimum Gasteiger partial charge on any atom is -0.306 e. The van der Waals surface area contributed by atoms with E-state index < -0.39 is 44.6 Å². The summed E-state index contributed by atoms with van der Waals surface area (Å²) in [5.74, 6) is -1.86. The van der Waals surface area contributed by atoms with Crippen molar-refractivity contribution >= 4 is 15.6 Å². The van der Waals surface area contributed by atoms with Gasteiger partial charge in [0.15, 0.2) is 15.6 Å². The van der Waals surface area contributed by atoms with Gasteiger partial charge in [-0.15, -0.1) is 0 Å². The molecule has 0 amide bonds. The third-order valence-electron chi connectivity index (χ3n) is 5.19. The molecule has 1 heterocycles. The summed E-state index contributed by atoms with van der Waals surface area (Å²) in [6, 6.07) is 0.637. The van der Waals surface area contributed by atoms with Crippen molar-refractivity contribution in [3.63, 3.8) is 0 Å². The number of benzene rings is 1. The zero-order valence-corrected chi connectivity index (χ0v) is 16.1. The Morgan fingerprint density at radius 1 is 1.18 bits per heavy atom. The molecule has 3 rings (SSSR count). The van der Waals surface area contributed by atoms with Gasteiger partial charge in [0.1, 0.15) is 17.6 Å². The number of hydrogen-bond donors (Lipinski definition) is 1. The second kappa shape index (κ2) is 7.14. The molecule has 0 bridgehead atoms. The number of nitrogens with zero attached hydrogens (tertiary/aromatic N) is 1. The lowest BCUT2D eigenvalue weighted by atomic mass is 9.99. The molecule has 154 valence electrons. The molecule has 1 aromatic rings. The van der Waals surface area contributed by atoms with Crippen LogP contribution in [-0.4, -0.2) is 37.7 Å². The van der Waals surface area contributed by atoms with E-state index in [1.807, 2.05) is 0 Å². The van der Waals surface area contributed by atoms with Crippen LogP contribution in [0.4, 0.5) is 17.6 Å². The summed E-state index contributed by atoms with van der Waals surface area (Å²) in [6.45, 7) is 1.46. The first-order chi connectivity index (χ1) is 12.9. The van der Waals surface area contributed by atoms with Crippen LogP contribution < -0.4 is 5.43 Å². The van der Waals surface area contributed by atoms with Gasteiger partial charge in [0.2, 0.25) is 0 Å². The minimum absolute atomic E-state index is 0.0846. The second-order valence-electron chi connectivity index (χ2n) is 7.14. The molecule has 2 aliphatic rings. The van der Waals surface area contributed by atoms with Crippen LogP contribution in [0.3, 0.4) is 0 Å². The molecule has 1 atom stereocenters. The molecule has 1 aliphatic heterocycles. The number of sulfone groups is 1. The molecule has 1 saturated carbocycles. The number of carbonyl (C=O) groups excluding carboxylic acids is 1. The molecule has 1 aromatic carbocycles. The van der Waals surface area contributed by atoms with Gasteiger partial charge in [0, 0.05) is 18.7 Å². The van der Waals surface area contributed by atoms with Crippen molar-refractivity contribution in [2.75, 3.05) is 7.05 Å². The van der Waals surface area contributed by atoms with Crippen molar-refractivity contribution in [2.45, 2.75) is 55.0 Å². The van der Waals surface area contributed by atoms with E-state index in [1.165, 1.54) is 6.92 Å². The van der Waals surface area contributed by atoms with Gasteiger partial charge >= 0.3 is 6.18 Å². The van der Waals surface area contributed by atoms with Gasteiger partial charge in [-0.1, -0.05) is 12.8 Å². The number of halogens is 4. The highest BCUT2D eigenvalue weighted by Crippen LogP contribution is 2.36. The molecule has 0 spiro atoms. The van der Waals surface area contributed by atoms with E-state index >= 15 is 0 Å². The normalized spacial score (nSPS) is 21.9. The van der Waals surface area contributed by atoms with Crippen LogP contribution in [0.1, 0.15) is 42.9 Å². The lowest BCUT2D eigenvalue weighted by Gasteiger charge is -2.33. The molecular weight excluding hydrogens is 400 g/mol. The SMILES string of the molecule is Cc1cc(F)c(C2NN(C)C(C(F)(F)F)=CC2=O)cc1S(=O)(=O)C1CCCC1. The lowest BCUT2D eigenvalue weighted by Crippen LogP contribution is -2.47. The fraction of sp³-hybridized carbons (Fsp3) is 0.500. The highest BCUT2D eigenvalue weighted by atomic mass is 32.2. The summed E-state index contributed by atoms with van der Waals surface area (Å²) >= 11 is 0. The van der Waals surface area contributed by atoms with Crippen molar-refractivity contribution in [3.05, 3.63) is 40.8 Å². The predicted octanol–water partition coefficient (Wildman–Crippen LogP) is 3.36. The Morgan fingerprint density at radius 2 is 1.79 bits per heavy atom. The average molecular weight is 420 g/mol. The molecule has 0 aromatic heterocycles. The fourth-order valence-corrected chi connectivity index (χ4v) is 5.82. The van der Waals surface area contributed by atoms with Gasteiger partial charge in [-0.25, -0.2) is 18.2 Å². The Labute approximate surface area is 160 Å². The molecule has 5 nitrogen and oxygen atoms in total. The maximum atomic E-state index is 14.6. The summed E-state index contributed by atoms with van der Waals surface area (Å²) in [5, 5.41) is 0.0233. The van der Waals surface area contributed by atoms with Crippen LogP contribution in [0.5, 0.6) is 0 Å². The van der Waals surface area contributed by atoms with E-state index in [0.29, 0.717) is 23.9 Å². The summed E-state index contributed by atoms with van der Waals surface area (Å²) in [5.41, 5.74) is 1.01. The zero-order chi connectivity index (χ0) is 20.9. The Bertz CT molecular complexity index is 935. The quantitative estimate of drug-likeness (QED) is 0.600. The topological polar surface area (TPSA) is 66.5 Å². The molecule has 0 radical (unpaired) electrons. The standard InChI is InChI=1S/C18H20F4N2O3S/c1-10-7-13(19)12(8-15(10)28(26,27)11-5-3-4-6-11)17-14(25)9-16(18(20,21)22)24(2)23-17/h7-9,11,17,23H,3-6H2,1-2H3. The van der Waals surface area contributed by atoms with Crippen LogP contribution in [0.2, 0.25) is 0 Å². The highest BCUT2D eigenvalue weighted by Gasteiger charge is 2.42. The zero-order valence-electron chi connectivity index (χ0n) is 15.3. The maximum absolute atomic E-state index is 14.6. The van der Waals surface area contributed by atoms with Gasteiger partial charge in [0.25, 0.3) is 0 Å². The van der Waals surface area contributed by atoms with Crippen LogP contribution in [0, 0.1) is 12.7 Å². The Morgan fingerprint density at radius 3 is 2.36 bits per heavy atom. The minimum atomic E-state index is -4.76. The van der Waals surface area contributed by atoms with E-state index in [0.717, 1.165) is 32.0 Å². The molecule has 0 saturated heterocycles. The molecule has 28 heavy (non-hydrogen) atoms. The smallest absolute Gasteiger partial charge is 0.306 e. The molecule has 1 unspecified atom stereocenters. The van der Waals surface area contributed by atoms with Gasteiger partial charge in [-0.2, -0.15) is 13.2 Å². The maximum Gasteiger partial charge on any atom is 0.432 e. The number of nitrogens with one attached hydrogen (secondary N) is 1. The molecule has 1 aliphatic carbocycles. The van der Waals surface area contributed by atoms with Gasteiger partial charge in [-0.05, 0) is 37.5 Å². The first kappa shape index (κ1) is 20.8.